The molecule has 0 N–H and O–H groups in total. The molecule has 0 spiro atoms. The van der Waals surface area contributed by atoms with Crippen LogP contribution >= 0.6 is 10.7 Å². The second kappa shape index (κ2) is 3.27. The first kappa shape index (κ1) is 12.5. The summed E-state index contributed by atoms with van der Waals surface area (Å²) < 4.78 is 51.1. The van der Waals surface area contributed by atoms with Crippen molar-refractivity contribution in [1.29, 1.82) is 0 Å². The monoisotopic (exact) mass is 194 g/mol. The molecule has 0 bridgehead atoms. The van der Waals surface area contributed by atoms with Crippen molar-refractivity contribution in [2.45, 2.75) is 5.51 Å². The maximum atomic E-state index is 10.8. The molecule has 0 fully saturated rings. The van der Waals surface area contributed by atoms with E-state index in [9.17, 15) is 21.6 Å². The Kier molecular flexibility index (Phi) is 4.52. The maximum absolute atomic E-state index is 10.8. The summed E-state index contributed by atoms with van der Waals surface area (Å²) in [6.45, 7) is 0. The second-order valence-electron chi connectivity index (χ2n) is 0.884. The maximum Gasteiger partial charge on any atom is 2.00 e. The molecule has 0 atom stereocenters. The molecule has 0 aliphatic carbocycles. The van der Waals surface area contributed by atoms with E-state index in [-0.39, 0.29) is 25.9 Å². The minimum atomic E-state index is -5.37. The molecule has 2 nitrogen and oxygen atoms in total. The number of hydrogen-bond acceptors (Lipinski definition) is 2. The molecule has 0 rings (SSSR count). The summed E-state index contributed by atoms with van der Waals surface area (Å²) in [4.78, 5) is 0. The average Bonchev–Trinajstić information content (AvgIpc) is 1.25. The van der Waals surface area contributed by atoms with Crippen molar-refractivity contribution in [2.24, 2.45) is 0 Å². The van der Waals surface area contributed by atoms with Gasteiger partial charge in [-0.15, -0.1) is 0 Å². The molecule has 0 radical (unpaired) electrons. The molecule has 0 saturated carbocycles. The van der Waals surface area contributed by atoms with E-state index in [1.165, 1.54) is 0 Å². The zero-order chi connectivity index (χ0) is 7.00. The van der Waals surface area contributed by atoms with Crippen LogP contribution in [0.1, 0.15) is 2.85 Å². The van der Waals surface area contributed by atoms with Gasteiger partial charge in [0.2, 0.25) is 0 Å². The molecular formula is CH2ClF3MgO2S. The van der Waals surface area contributed by atoms with Crippen molar-refractivity contribution in [3.63, 3.8) is 0 Å². The van der Waals surface area contributed by atoms with Crippen molar-refractivity contribution in [2.75, 3.05) is 0 Å². The van der Waals surface area contributed by atoms with Crippen molar-refractivity contribution in [3.8, 4) is 0 Å². The Labute approximate surface area is 72.9 Å². The summed E-state index contributed by atoms with van der Waals surface area (Å²) >= 11 is 0. The summed E-state index contributed by atoms with van der Waals surface area (Å²) in [6, 6.07) is 0. The van der Waals surface area contributed by atoms with E-state index in [0.29, 0.717) is 0 Å². The smallest absolute Gasteiger partial charge is 1.00 e. The van der Waals surface area contributed by atoms with Crippen LogP contribution in [0, 0.1) is 0 Å². The molecule has 0 amide bonds. The number of alkyl halides is 3. The molecular weight excluding hydrogens is 193 g/mol. The molecule has 0 saturated heterocycles. The fraction of sp³-hybridized carbons (Fsp3) is 1.00. The van der Waals surface area contributed by atoms with Gasteiger partial charge in [0.15, 0.2) is 0 Å². The third-order valence-electron chi connectivity index (χ3n) is 0.276. The van der Waals surface area contributed by atoms with E-state index in [0.717, 1.165) is 0 Å². The Hall–Kier alpha value is 0.796. The summed E-state index contributed by atoms with van der Waals surface area (Å²) in [7, 11) is -1.51. The minimum Gasteiger partial charge on any atom is -1.00 e. The van der Waals surface area contributed by atoms with Crippen LogP contribution in [-0.2, 0) is 9.05 Å². The molecule has 0 aliphatic rings. The standard InChI is InChI=1S/CClF3O2S.Mg.2H/c2-8(6,7)1(3,4)5;;;/q;+2;2*-1. The van der Waals surface area contributed by atoms with Crippen LogP contribution in [0.4, 0.5) is 13.2 Å². The molecule has 9 heavy (non-hydrogen) atoms. The fourth-order valence-electron chi connectivity index (χ4n) is 0. The predicted molar refractivity (Wildman–Crippen MR) is 28.8 cm³/mol. The molecule has 0 aliphatic heterocycles. The van der Waals surface area contributed by atoms with E-state index < -0.39 is 14.6 Å². The average molecular weight is 195 g/mol. The normalized spacial score (nSPS) is 12.4. The quantitative estimate of drug-likeness (QED) is 0.425. The van der Waals surface area contributed by atoms with Crippen LogP contribution in [0.3, 0.4) is 0 Å². The fourth-order valence-corrected chi connectivity index (χ4v) is 0. The predicted octanol–water partition coefficient (Wildman–Crippen LogP) is 0.919. The zero-order valence-electron chi connectivity index (χ0n) is 5.94. The van der Waals surface area contributed by atoms with Crippen LogP contribution in [0.5, 0.6) is 0 Å². The van der Waals surface area contributed by atoms with E-state index in [4.69, 9.17) is 0 Å². The Bertz CT molecular complexity index is 178. The molecule has 0 unspecified atom stereocenters. The van der Waals surface area contributed by atoms with E-state index in [1.807, 2.05) is 0 Å². The molecule has 0 heterocycles. The largest absolute Gasteiger partial charge is 2.00 e. The van der Waals surface area contributed by atoms with Crippen molar-refractivity contribution < 1.29 is 24.4 Å². The van der Waals surface area contributed by atoms with Gasteiger partial charge in [-0.1, -0.05) is 0 Å². The summed E-state index contributed by atoms with van der Waals surface area (Å²) in [6.07, 6.45) is 0. The van der Waals surface area contributed by atoms with Gasteiger partial charge in [0, 0.05) is 10.7 Å². The van der Waals surface area contributed by atoms with Crippen LogP contribution in [0.2, 0.25) is 0 Å². The number of hydrogen-bond donors (Lipinski definition) is 0. The molecule has 8 heteroatoms. The SMILES string of the molecule is O=S(=O)(Cl)C(F)(F)F.[H-].[H-].[Mg+2]. The van der Waals surface area contributed by atoms with Gasteiger partial charge in [0.1, 0.15) is 0 Å². The van der Waals surface area contributed by atoms with Crippen LogP contribution in [0.15, 0.2) is 0 Å². The Morgan fingerprint density at radius 3 is 1.44 bits per heavy atom. The molecule has 0 aromatic rings. The number of halogens is 4. The molecule has 54 valence electrons. The first-order valence-corrected chi connectivity index (χ1v) is 3.57. The van der Waals surface area contributed by atoms with Gasteiger partial charge in [-0.05, 0) is 0 Å². The van der Waals surface area contributed by atoms with Gasteiger partial charge in [0.05, 0.1) is 0 Å². The third kappa shape index (κ3) is 4.23. The summed E-state index contributed by atoms with van der Waals surface area (Å²) in [5.41, 5.74) is -5.32. The van der Waals surface area contributed by atoms with E-state index in [1.54, 1.807) is 0 Å². The van der Waals surface area contributed by atoms with Gasteiger partial charge < -0.3 is 2.85 Å². The molecule has 0 aromatic carbocycles. The van der Waals surface area contributed by atoms with Gasteiger partial charge >= 0.3 is 37.6 Å². The Morgan fingerprint density at radius 2 is 1.44 bits per heavy atom. The van der Waals surface area contributed by atoms with Crippen LogP contribution < -0.4 is 0 Å². The second-order valence-corrected chi connectivity index (χ2v) is 3.44. The summed E-state index contributed by atoms with van der Waals surface area (Å²) in [5, 5.41) is 0. The van der Waals surface area contributed by atoms with Crippen LogP contribution in [-0.4, -0.2) is 37.0 Å². The first-order chi connectivity index (χ1) is 3.25. The number of rotatable bonds is 0. The van der Waals surface area contributed by atoms with Crippen LogP contribution in [0.25, 0.3) is 0 Å². The van der Waals surface area contributed by atoms with Crippen molar-refractivity contribution >= 4 is 42.8 Å². The van der Waals surface area contributed by atoms with Gasteiger partial charge in [-0.2, -0.15) is 13.2 Å². The first-order valence-electron chi connectivity index (χ1n) is 1.26. The third-order valence-corrected chi connectivity index (χ3v) is 1.35. The molecule has 0 aromatic heterocycles. The van der Waals surface area contributed by atoms with Gasteiger partial charge in [0.25, 0.3) is 0 Å². The Balaban J connectivity index is -0.0000000817. The Morgan fingerprint density at radius 1 is 1.33 bits per heavy atom. The summed E-state index contributed by atoms with van der Waals surface area (Å²) in [5.74, 6) is 0. The van der Waals surface area contributed by atoms with Crippen molar-refractivity contribution in [3.05, 3.63) is 0 Å². The topological polar surface area (TPSA) is 34.1 Å². The van der Waals surface area contributed by atoms with Gasteiger partial charge in [-0.25, -0.2) is 8.42 Å². The minimum absolute atomic E-state index is 0. The van der Waals surface area contributed by atoms with Gasteiger partial charge in [-0.3, -0.25) is 0 Å². The van der Waals surface area contributed by atoms with Crippen molar-refractivity contribution in [1.82, 2.24) is 0 Å². The zero-order valence-corrected chi connectivity index (χ0v) is 6.93. The van der Waals surface area contributed by atoms with E-state index in [2.05, 4.69) is 10.7 Å². The van der Waals surface area contributed by atoms with E-state index >= 15 is 0 Å².